The highest BCUT2D eigenvalue weighted by atomic mass is 16.5. The number of carbonyl (C=O) groups is 3. The Labute approximate surface area is 151 Å². The Hall–Kier alpha value is -3.22. The number of nitrogens with one attached hydrogen (secondary N) is 1. The SMILES string of the molecule is COC(=O)c1cc(NC(=O)C[n+]2cccc(C)c2C)cc(C(=O)OC)c1. The van der Waals surface area contributed by atoms with Gasteiger partial charge in [0, 0.05) is 24.2 Å². The molecular weight excluding hydrogens is 336 g/mol. The monoisotopic (exact) mass is 357 g/mol. The Morgan fingerprint density at radius 3 is 2.12 bits per heavy atom. The highest BCUT2D eigenvalue weighted by molar-refractivity contribution is 5.99. The third-order valence-electron chi connectivity index (χ3n) is 3.99. The van der Waals surface area contributed by atoms with Gasteiger partial charge in [-0.05, 0) is 31.2 Å². The fraction of sp³-hybridized carbons (Fsp3) is 0.263. The molecule has 0 aliphatic rings. The van der Waals surface area contributed by atoms with Gasteiger partial charge in [-0.2, -0.15) is 4.57 Å². The molecule has 0 bridgehead atoms. The number of hydrogen-bond donors (Lipinski definition) is 1. The number of methoxy groups -OCH3 is 2. The summed E-state index contributed by atoms with van der Waals surface area (Å²) in [5.74, 6) is -1.52. The summed E-state index contributed by atoms with van der Waals surface area (Å²) in [5.41, 5.74) is 2.64. The zero-order chi connectivity index (χ0) is 19.3. The quantitative estimate of drug-likeness (QED) is 0.651. The molecule has 1 aromatic carbocycles. The second-order valence-corrected chi connectivity index (χ2v) is 5.73. The Kier molecular flexibility index (Phi) is 6.06. The van der Waals surface area contributed by atoms with Gasteiger partial charge in [0.2, 0.25) is 6.54 Å². The summed E-state index contributed by atoms with van der Waals surface area (Å²) in [5, 5.41) is 2.70. The highest BCUT2D eigenvalue weighted by Crippen LogP contribution is 2.17. The van der Waals surface area contributed by atoms with Gasteiger partial charge in [0.1, 0.15) is 0 Å². The number of anilines is 1. The first-order valence-corrected chi connectivity index (χ1v) is 7.93. The third-order valence-corrected chi connectivity index (χ3v) is 3.99. The van der Waals surface area contributed by atoms with Crippen LogP contribution in [0.2, 0.25) is 0 Å². The number of aryl methyl sites for hydroxylation is 1. The summed E-state index contributed by atoms with van der Waals surface area (Å²) in [6.07, 6.45) is 1.81. The van der Waals surface area contributed by atoms with Crippen LogP contribution in [-0.2, 0) is 20.8 Å². The van der Waals surface area contributed by atoms with Gasteiger partial charge in [-0.15, -0.1) is 0 Å². The molecule has 1 amide bonds. The van der Waals surface area contributed by atoms with Gasteiger partial charge in [-0.3, -0.25) is 4.79 Å². The molecule has 2 rings (SSSR count). The number of pyridine rings is 1. The molecule has 0 aliphatic heterocycles. The minimum atomic E-state index is -0.616. The third kappa shape index (κ3) is 4.44. The predicted molar refractivity (Wildman–Crippen MR) is 93.9 cm³/mol. The molecule has 0 spiro atoms. The number of nitrogens with zero attached hydrogens (tertiary/aromatic N) is 1. The van der Waals surface area contributed by atoms with Crippen LogP contribution < -0.4 is 9.88 Å². The van der Waals surface area contributed by atoms with Crippen molar-refractivity contribution in [1.82, 2.24) is 0 Å². The number of ether oxygens (including phenoxy) is 2. The summed E-state index contributed by atoms with van der Waals surface area (Å²) < 4.78 is 11.2. The Morgan fingerprint density at radius 1 is 1.00 bits per heavy atom. The smallest absolute Gasteiger partial charge is 0.337 e. The first kappa shape index (κ1) is 19.1. The largest absolute Gasteiger partial charge is 0.465 e. The Morgan fingerprint density at radius 2 is 1.58 bits per heavy atom. The van der Waals surface area contributed by atoms with Crippen molar-refractivity contribution in [1.29, 1.82) is 0 Å². The van der Waals surface area contributed by atoms with E-state index in [1.165, 1.54) is 32.4 Å². The molecule has 7 nitrogen and oxygen atoms in total. The number of hydrogen-bond acceptors (Lipinski definition) is 5. The van der Waals surface area contributed by atoms with Gasteiger partial charge in [0.25, 0.3) is 5.91 Å². The summed E-state index contributed by atoms with van der Waals surface area (Å²) in [4.78, 5) is 36.0. The molecule has 0 atom stereocenters. The maximum absolute atomic E-state index is 12.4. The van der Waals surface area contributed by atoms with E-state index in [4.69, 9.17) is 0 Å². The van der Waals surface area contributed by atoms with E-state index in [-0.39, 0.29) is 23.6 Å². The maximum atomic E-state index is 12.4. The first-order valence-electron chi connectivity index (χ1n) is 7.93. The molecule has 0 fully saturated rings. The molecule has 0 aliphatic carbocycles. The van der Waals surface area contributed by atoms with Crippen LogP contribution in [0.5, 0.6) is 0 Å². The van der Waals surface area contributed by atoms with E-state index in [1.54, 1.807) is 0 Å². The number of amides is 1. The molecule has 1 aromatic heterocycles. The van der Waals surface area contributed by atoms with Crippen LogP contribution in [0.3, 0.4) is 0 Å². The molecule has 1 N–H and O–H groups in total. The van der Waals surface area contributed by atoms with E-state index >= 15 is 0 Å². The molecule has 0 unspecified atom stereocenters. The van der Waals surface area contributed by atoms with Crippen molar-refractivity contribution in [3.63, 3.8) is 0 Å². The van der Waals surface area contributed by atoms with Crippen molar-refractivity contribution in [2.75, 3.05) is 19.5 Å². The van der Waals surface area contributed by atoms with Crippen LogP contribution in [-0.4, -0.2) is 32.1 Å². The molecule has 0 saturated carbocycles. The topological polar surface area (TPSA) is 85.6 Å². The standard InChI is InChI=1S/C19H20N2O5/c1-12-6-5-7-21(13(12)2)11-17(22)20-16-9-14(18(23)25-3)8-15(10-16)19(24)26-4/h5-10H,11H2,1-4H3/p+1. The number of aromatic nitrogens is 1. The lowest BCUT2D eigenvalue weighted by Gasteiger charge is -2.09. The van der Waals surface area contributed by atoms with E-state index in [0.717, 1.165) is 11.3 Å². The maximum Gasteiger partial charge on any atom is 0.337 e. The lowest BCUT2D eigenvalue weighted by atomic mass is 10.1. The Balaban J connectivity index is 2.26. The van der Waals surface area contributed by atoms with Gasteiger partial charge in [0.05, 0.1) is 25.3 Å². The van der Waals surface area contributed by atoms with Gasteiger partial charge < -0.3 is 14.8 Å². The molecule has 26 heavy (non-hydrogen) atoms. The van der Waals surface area contributed by atoms with Gasteiger partial charge in [-0.25, -0.2) is 9.59 Å². The first-order chi connectivity index (χ1) is 12.3. The highest BCUT2D eigenvalue weighted by Gasteiger charge is 2.17. The zero-order valence-electron chi connectivity index (χ0n) is 15.2. The molecule has 136 valence electrons. The number of rotatable bonds is 5. The van der Waals surface area contributed by atoms with Crippen LogP contribution in [0.4, 0.5) is 5.69 Å². The average molecular weight is 357 g/mol. The Bertz CT molecular complexity index is 827. The predicted octanol–water partition coefficient (Wildman–Crippen LogP) is 1.80. The number of carbonyl (C=O) groups excluding carboxylic acids is 3. The van der Waals surface area contributed by atoms with Crippen molar-refractivity contribution >= 4 is 23.5 Å². The second kappa shape index (κ2) is 8.24. The molecule has 0 radical (unpaired) electrons. The minimum Gasteiger partial charge on any atom is -0.465 e. The normalized spacial score (nSPS) is 10.2. The molecule has 7 heteroatoms. The molecular formula is C19H21N2O5+. The molecule has 2 aromatic rings. The summed E-state index contributed by atoms with van der Waals surface area (Å²) >= 11 is 0. The number of benzene rings is 1. The van der Waals surface area contributed by atoms with E-state index in [9.17, 15) is 14.4 Å². The van der Waals surface area contributed by atoms with Crippen molar-refractivity contribution in [3.05, 3.63) is 58.9 Å². The molecule has 1 heterocycles. The van der Waals surface area contributed by atoms with Gasteiger partial charge in [-0.1, -0.05) is 0 Å². The van der Waals surface area contributed by atoms with E-state index in [0.29, 0.717) is 5.69 Å². The summed E-state index contributed by atoms with van der Waals surface area (Å²) in [7, 11) is 2.48. The fourth-order valence-electron chi connectivity index (χ4n) is 2.45. The van der Waals surface area contributed by atoms with E-state index in [2.05, 4.69) is 14.8 Å². The van der Waals surface area contributed by atoms with Crippen LogP contribution in [0.25, 0.3) is 0 Å². The van der Waals surface area contributed by atoms with Crippen molar-refractivity contribution in [2.45, 2.75) is 20.4 Å². The average Bonchev–Trinajstić information content (AvgIpc) is 2.63. The van der Waals surface area contributed by atoms with E-state index in [1.807, 2.05) is 36.7 Å². The summed E-state index contributed by atoms with van der Waals surface area (Å²) in [6.45, 7) is 3.99. The van der Waals surface area contributed by atoms with Crippen molar-refractivity contribution in [3.8, 4) is 0 Å². The van der Waals surface area contributed by atoms with Gasteiger partial charge in [0.15, 0.2) is 11.9 Å². The van der Waals surface area contributed by atoms with Crippen LogP contribution in [0.15, 0.2) is 36.5 Å². The molecule has 0 saturated heterocycles. The summed E-state index contributed by atoms with van der Waals surface area (Å²) in [6, 6.07) is 8.08. The lowest BCUT2D eigenvalue weighted by Crippen LogP contribution is -2.43. The van der Waals surface area contributed by atoms with Crippen molar-refractivity contribution in [2.24, 2.45) is 0 Å². The number of esters is 2. The lowest BCUT2D eigenvalue weighted by molar-refractivity contribution is -0.690. The van der Waals surface area contributed by atoms with Crippen LogP contribution in [0, 0.1) is 13.8 Å². The van der Waals surface area contributed by atoms with Crippen LogP contribution in [0.1, 0.15) is 32.0 Å². The fourth-order valence-corrected chi connectivity index (χ4v) is 2.45. The minimum absolute atomic E-state index is 0.101. The zero-order valence-corrected chi connectivity index (χ0v) is 15.2. The van der Waals surface area contributed by atoms with Gasteiger partial charge >= 0.3 is 11.9 Å². The second-order valence-electron chi connectivity index (χ2n) is 5.73. The van der Waals surface area contributed by atoms with E-state index < -0.39 is 11.9 Å². The van der Waals surface area contributed by atoms with Crippen molar-refractivity contribution < 1.29 is 28.4 Å². The van der Waals surface area contributed by atoms with Crippen LogP contribution >= 0.6 is 0 Å².